The normalized spacial score (nSPS) is 10.5. The smallest absolute Gasteiger partial charge is 0.225 e. The van der Waals surface area contributed by atoms with Crippen molar-refractivity contribution in [1.29, 1.82) is 0 Å². The Morgan fingerprint density at radius 3 is 2.41 bits per heavy atom. The predicted octanol–water partition coefficient (Wildman–Crippen LogP) is 5.07. The van der Waals surface area contributed by atoms with E-state index >= 15 is 0 Å². The van der Waals surface area contributed by atoms with Gasteiger partial charge in [0.15, 0.2) is 0 Å². The first-order chi connectivity index (χ1) is 14.3. The number of nitrogens with one attached hydrogen (secondary N) is 2. The van der Waals surface area contributed by atoms with Gasteiger partial charge in [-0.1, -0.05) is 60.7 Å². The second-order valence-corrected chi connectivity index (χ2v) is 6.82. The van der Waals surface area contributed by atoms with Gasteiger partial charge in [0.2, 0.25) is 5.95 Å². The topological polar surface area (TPSA) is 62.7 Å². The van der Waals surface area contributed by atoms with Crippen LogP contribution in [0.1, 0.15) is 16.7 Å². The molecular formula is C24H23N5. The van der Waals surface area contributed by atoms with E-state index in [4.69, 9.17) is 4.98 Å². The molecule has 0 aliphatic heterocycles. The number of nitrogens with zero attached hydrogens (tertiary/aromatic N) is 3. The highest BCUT2D eigenvalue weighted by Crippen LogP contribution is 2.22. The molecule has 0 saturated carbocycles. The number of hydrogen-bond donors (Lipinski definition) is 2. The zero-order valence-corrected chi connectivity index (χ0v) is 16.3. The summed E-state index contributed by atoms with van der Waals surface area (Å²) in [5.41, 5.74) is 5.50. The summed E-state index contributed by atoms with van der Waals surface area (Å²) in [5, 5.41) is 6.77. The summed E-state index contributed by atoms with van der Waals surface area (Å²) in [6, 6.07) is 24.4. The molecule has 0 fully saturated rings. The van der Waals surface area contributed by atoms with Crippen molar-refractivity contribution >= 4 is 11.8 Å². The molecule has 0 unspecified atom stereocenters. The first-order valence-electron chi connectivity index (χ1n) is 9.63. The predicted molar refractivity (Wildman–Crippen MR) is 118 cm³/mol. The first kappa shape index (κ1) is 18.6. The van der Waals surface area contributed by atoms with Crippen molar-refractivity contribution in [3.8, 4) is 11.3 Å². The lowest BCUT2D eigenvalue weighted by Gasteiger charge is -2.12. The molecule has 2 N–H and O–H groups in total. The van der Waals surface area contributed by atoms with E-state index in [0.29, 0.717) is 19.0 Å². The zero-order chi connectivity index (χ0) is 19.9. The van der Waals surface area contributed by atoms with Crippen molar-refractivity contribution in [3.63, 3.8) is 0 Å². The number of aryl methyl sites for hydroxylation is 1. The van der Waals surface area contributed by atoms with Crippen molar-refractivity contribution in [1.82, 2.24) is 15.0 Å². The van der Waals surface area contributed by atoms with Crippen LogP contribution < -0.4 is 10.6 Å². The molecule has 144 valence electrons. The van der Waals surface area contributed by atoms with E-state index in [2.05, 4.69) is 51.8 Å². The summed E-state index contributed by atoms with van der Waals surface area (Å²) in [4.78, 5) is 13.6. The van der Waals surface area contributed by atoms with Crippen LogP contribution in [0.2, 0.25) is 0 Å². The fraction of sp³-hybridized carbons (Fsp3) is 0.125. The molecule has 2 aromatic carbocycles. The third-order valence-corrected chi connectivity index (χ3v) is 4.69. The lowest BCUT2D eigenvalue weighted by Crippen LogP contribution is -2.08. The Labute approximate surface area is 170 Å². The van der Waals surface area contributed by atoms with Crippen LogP contribution in [-0.4, -0.2) is 15.0 Å². The van der Waals surface area contributed by atoms with Crippen molar-refractivity contribution in [2.24, 2.45) is 0 Å². The highest BCUT2D eigenvalue weighted by molar-refractivity contribution is 5.64. The first-order valence-corrected chi connectivity index (χ1v) is 9.63. The molecule has 0 atom stereocenters. The highest BCUT2D eigenvalue weighted by Gasteiger charge is 2.08. The number of anilines is 2. The summed E-state index contributed by atoms with van der Waals surface area (Å²) >= 11 is 0. The quantitative estimate of drug-likeness (QED) is 0.468. The molecule has 29 heavy (non-hydrogen) atoms. The van der Waals surface area contributed by atoms with Gasteiger partial charge in [0.05, 0.1) is 5.69 Å². The fourth-order valence-corrected chi connectivity index (χ4v) is 3.05. The molecule has 4 rings (SSSR count). The number of aromatic nitrogens is 3. The Hall–Kier alpha value is -3.73. The molecule has 0 aliphatic rings. The van der Waals surface area contributed by atoms with Gasteiger partial charge in [0, 0.05) is 37.1 Å². The number of rotatable bonds is 7. The third kappa shape index (κ3) is 4.96. The summed E-state index contributed by atoms with van der Waals surface area (Å²) in [7, 11) is 0. The fourth-order valence-electron chi connectivity index (χ4n) is 3.05. The van der Waals surface area contributed by atoms with Crippen LogP contribution in [0.15, 0.2) is 85.2 Å². The molecule has 4 aromatic rings. The van der Waals surface area contributed by atoms with Crippen LogP contribution in [0.3, 0.4) is 0 Å². The van der Waals surface area contributed by atoms with Crippen LogP contribution >= 0.6 is 0 Å². The van der Waals surface area contributed by atoms with E-state index in [9.17, 15) is 0 Å². The average molecular weight is 381 g/mol. The Morgan fingerprint density at radius 2 is 1.62 bits per heavy atom. The number of hydrogen-bond acceptors (Lipinski definition) is 5. The van der Waals surface area contributed by atoms with Crippen LogP contribution in [0.4, 0.5) is 11.8 Å². The van der Waals surface area contributed by atoms with Gasteiger partial charge in [-0.2, -0.15) is 4.98 Å². The molecule has 0 aliphatic carbocycles. The summed E-state index contributed by atoms with van der Waals surface area (Å²) in [6.07, 6.45) is 3.62. The minimum atomic E-state index is 0.600. The average Bonchev–Trinajstić information content (AvgIpc) is 2.78. The van der Waals surface area contributed by atoms with Gasteiger partial charge < -0.3 is 10.6 Å². The molecule has 0 spiro atoms. The maximum atomic E-state index is 4.73. The molecule has 2 aromatic heterocycles. The van der Waals surface area contributed by atoms with Crippen LogP contribution in [-0.2, 0) is 13.1 Å². The van der Waals surface area contributed by atoms with Gasteiger partial charge >= 0.3 is 0 Å². The zero-order valence-electron chi connectivity index (χ0n) is 16.3. The van der Waals surface area contributed by atoms with Gasteiger partial charge in [0.1, 0.15) is 5.82 Å². The van der Waals surface area contributed by atoms with Crippen molar-refractivity contribution in [2.75, 3.05) is 10.6 Å². The minimum absolute atomic E-state index is 0.600. The Balaban J connectivity index is 1.58. The standard InChI is InChI=1S/C24H23N5/c1-18-8-5-6-12-21(18)17-27-24-28-22(20-10-3-2-4-11-20)14-23(29-24)26-16-19-9-7-13-25-15-19/h2-15H,16-17H2,1H3,(H2,26,27,28,29). The van der Waals surface area contributed by atoms with E-state index in [1.807, 2.05) is 54.7 Å². The molecule has 5 nitrogen and oxygen atoms in total. The van der Waals surface area contributed by atoms with Crippen molar-refractivity contribution < 1.29 is 0 Å². The van der Waals surface area contributed by atoms with Gasteiger partial charge in [-0.25, -0.2) is 4.98 Å². The Bertz CT molecular complexity index is 1060. The van der Waals surface area contributed by atoms with Gasteiger partial charge in [-0.05, 0) is 29.7 Å². The largest absolute Gasteiger partial charge is 0.366 e. The van der Waals surface area contributed by atoms with Gasteiger partial charge in [-0.3, -0.25) is 4.98 Å². The van der Waals surface area contributed by atoms with E-state index in [0.717, 1.165) is 22.6 Å². The maximum Gasteiger partial charge on any atom is 0.225 e. The second-order valence-electron chi connectivity index (χ2n) is 6.82. The molecule has 0 saturated heterocycles. The molecule has 0 bridgehead atoms. The lowest BCUT2D eigenvalue weighted by atomic mass is 10.1. The summed E-state index contributed by atoms with van der Waals surface area (Å²) in [5.74, 6) is 1.37. The van der Waals surface area contributed by atoms with Crippen molar-refractivity contribution in [3.05, 3.63) is 102 Å². The second kappa shape index (κ2) is 8.97. The van der Waals surface area contributed by atoms with Gasteiger partial charge in [0.25, 0.3) is 0 Å². The highest BCUT2D eigenvalue weighted by atomic mass is 15.1. The maximum absolute atomic E-state index is 4.73. The van der Waals surface area contributed by atoms with Crippen LogP contribution in [0, 0.1) is 6.92 Å². The lowest BCUT2D eigenvalue weighted by molar-refractivity contribution is 1.03. The molecule has 5 heteroatoms. The molecule has 0 radical (unpaired) electrons. The SMILES string of the molecule is Cc1ccccc1CNc1nc(NCc2cccnc2)cc(-c2ccccc2)n1. The van der Waals surface area contributed by atoms with Crippen LogP contribution in [0.5, 0.6) is 0 Å². The van der Waals surface area contributed by atoms with Gasteiger partial charge in [-0.15, -0.1) is 0 Å². The number of benzene rings is 2. The number of pyridine rings is 1. The molecule has 2 heterocycles. The Kier molecular flexibility index (Phi) is 5.76. The monoisotopic (exact) mass is 381 g/mol. The molecule has 0 amide bonds. The Morgan fingerprint density at radius 1 is 0.793 bits per heavy atom. The van der Waals surface area contributed by atoms with Crippen LogP contribution in [0.25, 0.3) is 11.3 Å². The van der Waals surface area contributed by atoms with E-state index in [-0.39, 0.29) is 0 Å². The van der Waals surface area contributed by atoms with Crippen molar-refractivity contribution in [2.45, 2.75) is 20.0 Å². The van der Waals surface area contributed by atoms with E-state index in [1.54, 1.807) is 6.20 Å². The summed E-state index contributed by atoms with van der Waals surface area (Å²) < 4.78 is 0. The minimum Gasteiger partial charge on any atom is -0.366 e. The van der Waals surface area contributed by atoms with E-state index in [1.165, 1.54) is 11.1 Å². The molecular weight excluding hydrogens is 358 g/mol. The summed E-state index contributed by atoms with van der Waals surface area (Å²) in [6.45, 7) is 3.43. The van der Waals surface area contributed by atoms with E-state index < -0.39 is 0 Å². The third-order valence-electron chi connectivity index (χ3n) is 4.69.